The van der Waals surface area contributed by atoms with Gasteiger partial charge in [-0.1, -0.05) is 30.3 Å². The number of nitrogens with one attached hydrogen (secondary N) is 3. The van der Waals surface area contributed by atoms with E-state index in [0.29, 0.717) is 27.9 Å². The molecular formula is C14H13N7S2. The van der Waals surface area contributed by atoms with Gasteiger partial charge in [-0.2, -0.15) is 5.10 Å². The highest BCUT2D eigenvalue weighted by atomic mass is 32.1. The molecule has 0 saturated carbocycles. The molecule has 3 rings (SSSR count). The van der Waals surface area contributed by atoms with Gasteiger partial charge >= 0.3 is 0 Å². The van der Waals surface area contributed by atoms with E-state index in [1.54, 1.807) is 23.3 Å². The van der Waals surface area contributed by atoms with Crippen LogP contribution in [0.4, 0.5) is 0 Å². The van der Waals surface area contributed by atoms with E-state index in [0.717, 1.165) is 5.56 Å². The normalized spacial score (nSPS) is 10.3. The molecule has 0 unspecified atom stereocenters. The van der Waals surface area contributed by atoms with Crippen molar-refractivity contribution in [1.82, 2.24) is 30.2 Å². The van der Waals surface area contributed by atoms with Crippen LogP contribution in [0.5, 0.6) is 0 Å². The first-order valence-electron chi connectivity index (χ1n) is 6.76. The topological polar surface area (TPSA) is 83.4 Å². The lowest BCUT2D eigenvalue weighted by Gasteiger charge is -2.12. The van der Waals surface area contributed by atoms with Gasteiger partial charge in [0.05, 0.1) is 6.20 Å². The SMILES string of the molecule is S=C(NCc1ccccc1)Nn1c(-c2cnccn2)n[nH]c1=S. The molecule has 0 saturated heterocycles. The Kier molecular flexibility index (Phi) is 4.69. The monoisotopic (exact) mass is 343 g/mol. The highest BCUT2D eigenvalue weighted by Crippen LogP contribution is 2.11. The number of thiocarbonyl (C=S) groups is 1. The van der Waals surface area contributed by atoms with Gasteiger partial charge in [0.15, 0.2) is 5.11 Å². The lowest BCUT2D eigenvalue weighted by atomic mass is 10.2. The molecule has 2 aromatic heterocycles. The molecule has 0 aliphatic heterocycles. The fraction of sp³-hybridized carbons (Fsp3) is 0.0714. The van der Waals surface area contributed by atoms with Crippen LogP contribution in [0.3, 0.4) is 0 Å². The molecule has 7 nitrogen and oxygen atoms in total. The minimum absolute atomic E-state index is 0.384. The summed E-state index contributed by atoms with van der Waals surface area (Å²) in [5.74, 6) is 0.506. The zero-order valence-electron chi connectivity index (χ0n) is 11.9. The maximum absolute atomic E-state index is 5.30. The Morgan fingerprint density at radius 3 is 2.78 bits per heavy atom. The summed E-state index contributed by atoms with van der Waals surface area (Å²) in [4.78, 5) is 8.23. The van der Waals surface area contributed by atoms with E-state index in [2.05, 4.69) is 30.9 Å². The number of aromatic amines is 1. The largest absolute Gasteiger partial charge is 0.357 e. The first-order chi connectivity index (χ1) is 11.2. The summed E-state index contributed by atoms with van der Waals surface area (Å²) in [5, 5.41) is 10.4. The molecule has 0 bridgehead atoms. The van der Waals surface area contributed by atoms with Crippen LogP contribution in [-0.4, -0.2) is 30.0 Å². The molecule has 0 aliphatic carbocycles. The summed E-state index contributed by atoms with van der Waals surface area (Å²) in [5.41, 5.74) is 4.71. The highest BCUT2D eigenvalue weighted by molar-refractivity contribution is 7.80. The summed E-state index contributed by atoms with van der Waals surface area (Å²) < 4.78 is 1.94. The average molecular weight is 343 g/mol. The number of aromatic nitrogens is 5. The number of hydrogen-bond donors (Lipinski definition) is 3. The predicted molar refractivity (Wildman–Crippen MR) is 93.7 cm³/mol. The van der Waals surface area contributed by atoms with Gasteiger partial charge < -0.3 is 5.32 Å². The van der Waals surface area contributed by atoms with Crippen LogP contribution in [0, 0.1) is 4.77 Å². The molecule has 9 heteroatoms. The third-order valence-electron chi connectivity index (χ3n) is 2.97. The second kappa shape index (κ2) is 7.07. The van der Waals surface area contributed by atoms with Crippen LogP contribution in [-0.2, 0) is 6.54 Å². The zero-order chi connectivity index (χ0) is 16.1. The van der Waals surface area contributed by atoms with E-state index in [4.69, 9.17) is 24.4 Å². The molecule has 0 radical (unpaired) electrons. The molecule has 0 atom stereocenters. The first kappa shape index (κ1) is 15.3. The van der Waals surface area contributed by atoms with E-state index in [-0.39, 0.29) is 0 Å². The second-order valence-corrected chi connectivity index (χ2v) is 5.35. The van der Waals surface area contributed by atoms with Crippen LogP contribution in [0.15, 0.2) is 48.9 Å². The molecule has 23 heavy (non-hydrogen) atoms. The van der Waals surface area contributed by atoms with Crippen LogP contribution in [0.25, 0.3) is 11.5 Å². The van der Waals surface area contributed by atoms with Gasteiger partial charge in [-0.05, 0) is 30.0 Å². The molecule has 1 aromatic carbocycles. The molecule has 116 valence electrons. The molecule has 0 aliphatic rings. The van der Waals surface area contributed by atoms with Crippen molar-refractivity contribution in [2.45, 2.75) is 6.54 Å². The van der Waals surface area contributed by atoms with Gasteiger partial charge in [-0.25, -0.2) is 14.8 Å². The Hall–Kier alpha value is -2.65. The average Bonchev–Trinajstić information content (AvgIpc) is 2.95. The Bertz CT molecular complexity index is 842. The minimum Gasteiger partial charge on any atom is -0.357 e. The summed E-state index contributed by atoms with van der Waals surface area (Å²) in [6.45, 7) is 0.609. The summed E-state index contributed by atoms with van der Waals surface area (Å²) >= 11 is 10.5. The number of rotatable bonds is 4. The molecule has 2 heterocycles. The highest BCUT2D eigenvalue weighted by Gasteiger charge is 2.11. The Morgan fingerprint density at radius 2 is 2.04 bits per heavy atom. The maximum Gasteiger partial charge on any atom is 0.215 e. The second-order valence-electron chi connectivity index (χ2n) is 4.56. The summed E-state index contributed by atoms with van der Waals surface area (Å²) in [6, 6.07) is 9.96. The standard InChI is InChI=1S/C14H13N7S2/c22-13(17-8-10-4-2-1-3-5-10)20-21-12(18-19-14(21)23)11-9-15-6-7-16-11/h1-7,9H,8H2,(H,19,23)(H2,17,20,22). The zero-order valence-corrected chi connectivity index (χ0v) is 13.6. The fourth-order valence-corrected chi connectivity index (χ4v) is 2.25. The van der Waals surface area contributed by atoms with Crippen LogP contribution < -0.4 is 10.7 Å². The summed E-state index contributed by atoms with van der Waals surface area (Å²) in [7, 11) is 0. The molecule has 3 N–H and O–H groups in total. The molecule has 0 fully saturated rings. The lowest BCUT2D eigenvalue weighted by Crippen LogP contribution is -2.34. The van der Waals surface area contributed by atoms with E-state index < -0.39 is 0 Å². The third-order valence-corrected chi connectivity index (χ3v) is 3.48. The predicted octanol–water partition coefficient (Wildman–Crippen LogP) is 2.02. The smallest absolute Gasteiger partial charge is 0.215 e. The quantitative estimate of drug-likeness (QED) is 0.625. The Morgan fingerprint density at radius 1 is 1.22 bits per heavy atom. The molecule has 0 amide bonds. The third kappa shape index (κ3) is 3.76. The van der Waals surface area contributed by atoms with Crippen molar-refractivity contribution in [2.75, 3.05) is 5.43 Å². The molecule has 3 aromatic rings. The van der Waals surface area contributed by atoms with Gasteiger partial charge in [0.1, 0.15) is 5.69 Å². The maximum atomic E-state index is 5.30. The van der Waals surface area contributed by atoms with Crippen molar-refractivity contribution < 1.29 is 0 Å². The van der Waals surface area contributed by atoms with Crippen molar-refractivity contribution in [3.63, 3.8) is 0 Å². The van der Waals surface area contributed by atoms with Crippen molar-refractivity contribution in [3.8, 4) is 11.5 Å². The van der Waals surface area contributed by atoms with E-state index in [9.17, 15) is 0 Å². The van der Waals surface area contributed by atoms with Gasteiger partial charge in [0, 0.05) is 18.9 Å². The minimum atomic E-state index is 0.384. The van der Waals surface area contributed by atoms with Crippen molar-refractivity contribution in [2.24, 2.45) is 0 Å². The van der Waals surface area contributed by atoms with Crippen LogP contribution in [0.1, 0.15) is 5.56 Å². The van der Waals surface area contributed by atoms with Gasteiger partial charge in [0.2, 0.25) is 10.6 Å². The summed E-state index contributed by atoms with van der Waals surface area (Å²) in [6.07, 6.45) is 4.78. The van der Waals surface area contributed by atoms with Crippen molar-refractivity contribution >= 4 is 29.5 Å². The van der Waals surface area contributed by atoms with Crippen LogP contribution >= 0.6 is 24.4 Å². The van der Waals surface area contributed by atoms with Crippen LogP contribution in [0.2, 0.25) is 0 Å². The number of H-pyrrole nitrogens is 1. The number of benzene rings is 1. The molecule has 0 spiro atoms. The first-order valence-corrected chi connectivity index (χ1v) is 7.58. The van der Waals surface area contributed by atoms with E-state index >= 15 is 0 Å². The Balaban J connectivity index is 1.72. The van der Waals surface area contributed by atoms with Gasteiger partial charge in [-0.3, -0.25) is 10.4 Å². The number of hydrogen-bond acceptors (Lipinski definition) is 5. The van der Waals surface area contributed by atoms with E-state index in [1.807, 2.05) is 30.3 Å². The molecular weight excluding hydrogens is 330 g/mol. The fourth-order valence-electron chi connectivity index (χ4n) is 1.91. The number of nitrogens with zero attached hydrogens (tertiary/aromatic N) is 4. The van der Waals surface area contributed by atoms with Crippen molar-refractivity contribution in [3.05, 3.63) is 59.3 Å². The van der Waals surface area contributed by atoms with Crippen molar-refractivity contribution in [1.29, 1.82) is 0 Å². The Labute approximate surface area is 142 Å². The van der Waals surface area contributed by atoms with Gasteiger partial charge in [0.25, 0.3) is 0 Å². The lowest BCUT2D eigenvalue weighted by molar-refractivity contribution is 0.879. The van der Waals surface area contributed by atoms with Gasteiger partial charge in [-0.15, -0.1) is 0 Å². The van der Waals surface area contributed by atoms with E-state index in [1.165, 1.54) is 0 Å².